The highest BCUT2D eigenvalue weighted by molar-refractivity contribution is 5.69. The number of nitrogens with one attached hydrogen (secondary N) is 1. The first kappa shape index (κ1) is 12.3. The van der Waals surface area contributed by atoms with Crippen LogP contribution in [0.1, 0.15) is 0 Å². The van der Waals surface area contributed by atoms with Gasteiger partial charge in [-0.15, -0.1) is 0 Å². The monoisotopic (exact) mass is 216 g/mol. The molecule has 88 valence electrons. The van der Waals surface area contributed by atoms with Crippen LogP contribution in [0.2, 0.25) is 0 Å². The second-order valence-corrected chi connectivity index (χ2v) is 5.56. The molecule has 1 fully saturated rings. The molecule has 1 heterocycles. The number of piperazine rings is 1. The molecule has 1 aliphatic rings. The molecule has 0 aromatic heterocycles. The molecule has 0 spiro atoms. The molecule has 0 atom stereocenters. The minimum absolute atomic E-state index is 0.328. The van der Waals surface area contributed by atoms with Crippen molar-refractivity contribution in [2.24, 2.45) is 11.5 Å². The van der Waals surface area contributed by atoms with Crippen molar-refractivity contribution < 1.29 is 14.0 Å². The predicted octanol–water partition coefficient (Wildman–Crippen LogP) is -3.12. The fourth-order valence-electron chi connectivity index (χ4n) is 1.94. The molecule has 5 N–H and O–H groups in total. The number of likely N-dealkylation sites (N-methyl/N-ethyl adjacent to an activating group) is 2. The van der Waals surface area contributed by atoms with Gasteiger partial charge in [-0.2, -0.15) is 0 Å². The zero-order chi connectivity index (χ0) is 11.5. The van der Waals surface area contributed by atoms with Crippen molar-refractivity contribution >= 4 is 5.96 Å². The summed E-state index contributed by atoms with van der Waals surface area (Å²) < 4.78 is 2.27. The summed E-state index contributed by atoms with van der Waals surface area (Å²) in [4.78, 5) is 2.99. The number of hydrogen-bond acceptors (Lipinski definition) is 0. The Kier molecular flexibility index (Phi) is 3.57. The molecule has 1 aliphatic heterocycles. The van der Waals surface area contributed by atoms with Crippen LogP contribution in [0, 0.1) is 0 Å². The smallest absolute Gasteiger partial charge is 0.319 e. The third-order valence-corrected chi connectivity index (χ3v) is 3.47. The van der Waals surface area contributed by atoms with Crippen LogP contribution in [0.5, 0.6) is 0 Å². The quantitative estimate of drug-likeness (QED) is 0.265. The van der Waals surface area contributed by atoms with Crippen LogP contribution in [0.4, 0.5) is 0 Å². The molecule has 0 aromatic carbocycles. The largest absolute Gasteiger partial charge is 0.338 e. The number of guanidine groups is 1. The van der Waals surface area contributed by atoms with E-state index in [0.717, 1.165) is 22.1 Å². The SMILES string of the molecule is C[N+]1(C)CC[N+](C)(CC[NH+]=C(N)N)CC1. The van der Waals surface area contributed by atoms with Gasteiger partial charge in [-0.05, 0) is 0 Å². The molecule has 0 aliphatic carbocycles. The summed E-state index contributed by atoms with van der Waals surface area (Å²) in [5.41, 5.74) is 10.7. The van der Waals surface area contributed by atoms with Gasteiger partial charge in [0.05, 0.1) is 21.1 Å². The van der Waals surface area contributed by atoms with Crippen LogP contribution >= 0.6 is 0 Å². The number of nitrogens with two attached hydrogens (primary N) is 2. The van der Waals surface area contributed by atoms with E-state index in [2.05, 4.69) is 26.1 Å². The van der Waals surface area contributed by atoms with E-state index in [1.807, 2.05) is 0 Å². The Morgan fingerprint density at radius 2 is 1.60 bits per heavy atom. The van der Waals surface area contributed by atoms with Crippen LogP contribution in [0.15, 0.2) is 0 Å². The third-order valence-electron chi connectivity index (χ3n) is 3.47. The maximum Gasteiger partial charge on any atom is 0.338 e. The Morgan fingerprint density at radius 3 is 2.07 bits per heavy atom. The van der Waals surface area contributed by atoms with E-state index in [1.54, 1.807) is 0 Å². The van der Waals surface area contributed by atoms with E-state index in [4.69, 9.17) is 11.5 Å². The van der Waals surface area contributed by atoms with Crippen molar-refractivity contribution in [2.45, 2.75) is 0 Å². The highest BCUT2D eigenvalue weighted by atomic mass is 15.4. The predicted molar refractivity (Wildman–Crippen MR) is 61.8 cm³/mol. The molecule has 1 rings (SSSR count). The minimum Gasteiger partial charge on any atom is -0.319 e. The van der Waals surface area contributed by atoms with Gasteiger partial charge < -0.3 is 8.97 Å². The molecule has 5 nitrogen and oxygen atoms in total. The van der Waals surface area contributed by atoms with Crippen molar-refractivity contribution in [2.75, 3.05) is 60.4 Å². The van der Waals surface area contributed by atoms with Gasteiger partial charge in [0.25, 0.3) is 0 Å². The maximum absolute atomic E-state index is 5.37. The van der Waals surface area contributed by atoms with Gasteiger partial charge in [-0.25, -0.2) is 0 Å². The molecule has 0 amide bonds. The Labute approximate surface area is 92.5 Å². The molecule has 0 aromatic rings. The van der Waals surface area contributed by atoms with Crippen molar-refractivity contribution in [1.82, 2.24) is 0 Å². The molecule has 5 heteroatoms. The summed E-state index contributed by atoms with van der Waals surface area (Å²) >= 11 is 0. The second-order valence-electron chi connectivity index (χ2n) is 5.56. The fraction of sp³-hybridized carbons (Fsp3) is 0.900. The van der Waals surface area contributed by atoms with Crippen molar-refractivity contribution in [1.29, 1.82) is 0 Å². The first-order valence-electron chi connectivity index (χ1n) is 5.60. The summed E-state index contributed by atoms with van der Waals surface area (Å²) in [5, 5.41) is 0. The standard InChI is InChI=1S/C10H25N5/c1-14(2)6-8-15(3,9-7-14)5-4-13-10(11)12/h4-9H2,1-3H3,(H4,11,12,13)/q+2/p+1. The first-order valence-corrected chi connectivity index (χ1v) is 5.60. The maximum atomic E-state index is 5.37. The van der Waals surface area contributed by atoms with Gasteiger partial charge in [-0.3, -0.25) is 16.5 Å². The number of nitrogens with zero attached hydrogens (tertiary/aromatic N) is 2. The third kappa shape index (κ3) is 4.05. The van der Waals surface area contributed by atoms with Gasteiger partial charge in [0.15, 0.2) is 0 Å². The lowest BCUT2D eigenvalue weighted by atomic mass is 10.2. The Bertz CT molecular complexity index is 232. The van der Waals surface area contributed by atoms with E-state index in [-0.39, 0.29) is 0 Å². The van der Waals surface area contributed by atoms with Gasteiger partial charge in [0.1, 0.15) is 39.3 Å². The average Bonchev–Trinajstić information content (AvgIpc) is 2.11. The number of rotatable bonds is 3. The second kappa shape index (κ2) is 4.37. The highest BCUT2D eigenvalue weighted by Crippen LogP contribution is 2.12. The Morgan fingerprint density at radius 1 is 1.07 bits per heavy atom. The summed E-state index contributed by atoms with van der Waals surface area (Å²) in [6.45, 7) is 6.93. The molecule has 15 heavy (non-hydrogen) atoms. The summed E-state index contributed by atoms with van der Waals surface area (Å²) in [6, 6.07) is 0. The lowest BCUT2D eigenvalue weighted by Gasteiger charge is -2.44. The van der Waals surface area contributed by atoms with Crippen LogP contribution in [-0.4, -0.2) is 75.3 Å². The molecule has 0 bridgehead atoms. The van der Waals surface area contributed by atoms with Crippen LogP contribution < -0.4 is 16.5 Å². The van der Waals surface area contributed by atoms with Gasteiger partial charge >= 0.3 is 5.96 Å². The molecular formula is C10H26N5+3. The van der Waals surface area contributed by atoms with Crippen LogP contribution in [0.3, 0.4) is 0 Å². The molecule has 0 unspecified atom stereocenters. The molecule has 1 saturated heterocycles. The van der Waals surface area contributed by atoms with Crippen molar-refractivity contribution in [3.05, 3.63) is 0 Å². The highest BCUT2D eigenvalue weighted by Gasteiger charge is 2.33. The average molecular weight is 216 g/mol. The molecule has 0 saturated carbocycles. The van der Waals surface area contributed by atoms with E-state index >= 15 is 0 Å². The fourth-order valence-corrected chi connectivity index (χ4v) is 1.94. The topological polar surface area (TPSA) is 66.0 Å². The van der Waals surface area contributed by atoms with Gasteiger partial charge in [0.2, 0.25) is 0 Å². The van der Waals surface area contributed by atoms with E-state index in [0.29, 0.717) is 5.96 Å². The summed E-state index contributed by atoms with van der Waals surface area (Å²) in [6.07, 6.45) is 0. The molecular weight excluding hydrogens is 190 g/mol. The Balaban J connectivity index is 2.38. The van der Waals surface area contributed by atoms with E-state index < -0.39 is 0 Å². The zero-order valence-corrected chi connectivity index (χ0v) is 10.3. The van der Waals surface area contributed by atoms with E-state index in [1.165, 1.54) is 26.2 Å². The summed E-state index contributed by atoms with van der Waals surface area (Å²) in [7, 11) is 6.91. The van der Waals surface area contributed by atoms with Gasteiger partial charge in [0, 0.05) is 0 Å². The zero-order valence-electron chi connectivity index (χ0n) is 10.3. The van der Waals surface area contributed by atoms with Crippen molar-refractivity contribution in [3.8, 4) is 0 Å². The minimum atomic E-state index is 0.328. The van der Waals surface area contributed by atoms with Crippen LogP contribution in [-0.2, 0) is 0 Å². The molecule has 0 radical (unpaired) electrons. The van der Waals surface area contributed by atoms with Gasteiger partial charge in [-0.1, -0.05) is 0 Å². The van der Waals surface area contributed by atoms with E-state index in [9.17, 15) is 0 Å². The normalized spacial score (nSPS) is 23.4. The lowest BCUT2D eigenvalue weighted by Crippen LogP contribution is -2.81. The lowest BCUT2D eigenvalue weighted by molar-refractivity contribution is -1.01. The number of quaternary nitrogens is 2. The number of hydrogen-bond donors (Lipinski definition) is 3. The van der Waals surface area contributed by atoms with Crippen LogP contribution in [0.25, 0.3) is 0 Å². The Hall–Kier alpha value is -0.810. The first-order chi connectivity index (χ1) is 6.83. The summed E-state index contributed by atoms with van der Waals surface area (Å²) in [5.74, 6) is 0.328. The van der Waals surface area contributed by atoms with Crippen molar-refractivity contribution in [3.63, 3.8) is 0 Å².